The van der Waals surface area contributed by atoms with Gasteiger partial charge in [-0.05, 0) is 51.4 Å². The maximum atomic E-state index is 13.3. The van der Waals surface area contributed by atoms with E-state index in [1.54, 1.807) is 0 Å². The van der Waals surface area contributed by atoms with Crippen molar-refractivity contribution in [1.82, 2.24) is 5.32 Å². The van der Waals surface area contributed by atoms with Crippen molar-refractivity contribution in [2.75, 3.05) is 6.61 Å². The molecule has 0 radical (unpaired) electrons. The summed E-state index contributed by atoms with van der Waals surface area (Å²) < 4.78 is 5.96. The first-order valence-electron chi connectivity index (χ1n) is 29.9. The predicted molar refractivity (Wildman–Crippen MR) is 287 cm³/mol. The van der Waals surface area contributed by atoms with Crippen LogP contribution < -0.4 is 5.32 Å². The van der Waals surface area contributed by atoms with Crippen LogP contribution in [0.5, 0.6) is 0 Å². The van der Waals surface area contributed by atoms with Gasteiger partial charge in [0, 0.05) is 6.42 Å². The number of aliphatic hydroxyl groups excluding tert-OH is 2. The minimum atomic E-state index is -0.787. The van der Waals surface area contributed by atoms with Crippen LogP contribution in [-0.2, 0) is 14.3 Å². The quantitative estimate of drug-likeness (QED) is 0.0321. The highest BCUT2D eigenvalue weighted by Gasteiger charge is 2.24. The Labute approximate surface area is 412 Å². The number of rotatable bonds is 55. The van der Waals surface area contributed by atoms with Crippen LogP contribution in [0.3, 0.4) is 0 Å². The molecule has 66 heavy (non-hydrogen) atoms. The van der Waals surface area contributed by atoms with Crippen LogP contribution in [0, 0.1) is 0 Å². The molecule has 0 aliphatic heterocycles. The molecule has 0 saturated heterocycles. The lowest BCUT2D eigenvalue weighted by atomic mass is 10.0. The molecule has 0 saturated carbocycles. The van der Waals surface area contributed by atoms with Gasteiger partial charge in [-0.1, -0.05) is 283 Å². The molecule has 0 aromatic heterocycles. The van der Waals surface area contributed by atoms with Gasteiger partial charge in [-0.2, -0.15) is 0 Å². The Kier molecular flexibility index (Phi) is 53.4. The number of hydrogen-bond acceptors (Lipinski definition) is 5. The van der Waals surface area contributed by atoms with Crippen molar-refractivity contribution in [3.05, 3.63) is 12.2 Å². The number of esters is 1. The molecule has 0 aromatic rings. The first-order chi connectivity index (χ1) is 32.5. The van der Waals surface area contributed by atoms with E-state index in [1.807, 2.05) is 0 Å². The monoisotopic (exact) mass is 932 g/mol. The van der Waals surface area contributed by atoms with Crippen LogP contribution >= 0.6 is 0 Å². The summed E-state index contributed by atoms with van der Waals surface area (Å²) in [7, 11) is 0. The third kappa shape index (κ3) is 49.0. The first-order valence-corrected chi connectivity index (χ1v) is 29.9. The molecular weight excluding hydrogens is 815 g/mol. The molecule has 0 aliphatic carbocycles. The molecule has 0 spiro atoms. The SMILES string of the molecule is CCCCCCCCC/C=C/CCCCCC(CC(=O)NC(CO)C(O)CCCCCCCCCCCCCCCCCC)OC(=O)CCCCCCCCCCCCCCCCCCC. The lowest BCUT2D eigenvalue weighted by Crippen LogP contribution is -2.46. The van der Waals surface area contributed by atoms with Crippen LogP contribution in [0.25, 0.3) is 0 Å². The third-order valence-electron chi connectivity index (χ3n) is 14.1. The number of carbonyl (C=O) groups is 2. The van der Waals surface area contributed by atoms with Crippen LogP contribution in [0.15, 0.2) is 12.2 Å². The summed E-state index contributed by atoms with van der Waals surface area (Å²) in [5, 5.41) is 23.9. The highest BCUT2D eigenvalue weighted by molar-refractivity contribution is 5.77. The van der Waals surface area contributed by atoms with Crippen molar-refractivity contribution >= 4 is 11.9 Å². The predicted octanol–water partition coefficient (Wildman–Crippen LogP) is 18.5. The molecule has 6 heteroatoms. The largest absolute Gasteiger partial charge is 0.462 e. The Bertz CT molecular complexity index is 1000. The molecule has 0 rings (SSSR count). The van der Waals surface area contributed by atoms with E-state index >= 15 is 0 Å². The smallest absolute Gasteiger partial charge is 0.306 e. The first kappa shape index (κ1) is 64.6. The van der Waals surface area contributed by atoms with Gasteiger partial charge in [-0.25, -0.2) is 0 Å². The molecular formula is C60H117NO5. The van der Waals surface area contributed by atoms with Gasteiger partial charge in [-0.15, -0.1) is 0 Å². The van der Waals surface area contributed by atoms with E-state index in [1.165, 1.54) is 231 Å². The van der Waals surface area contributed by atoms with Crippen molar-refractivity contribution < 1.29 is 24.5 Å². The summed E-state index contributed by atoms with van der Waals surface area (Å²) in [4.78, 5) is 26.3. The molecule has 3 atom stereocenters. The lowest BCUT2D eigenvalue weighted by Gasteiger charge is -2.24. The second-order valence-electron chi connectivity index (χ2n) is 20.8. The van der Waals surface area contributed by atoms with Crippen molar-refractivity contribution in [1.29, 1.82) is 0 Å². The Balaban J connectivity index is 4.49. The number of unbranched alkanes of at least 4 members (excludes halogenated alkanes) is 41. The number of carbonyl (C=O) groups excluding carboxylic acids is 2. The molecule has 0 heterocycles. The number of hydrogen-bond donors (Lipinski definition) is 3. The van der Waals surface area contributed by atoms with Gasteiger partial charge in [0.25, 0.3) is 0 Å². The second-order valence-corrected chi connectivity index (χ2v) is 20.8. The summed E-state index contributed by atoms with van der Waals surface area (Å²) in [5.41, 5.74) is 0. The van der Waals surface area contributed by atoms with Gasteiger partial charge in [-0.3, -0.25) is 9.59 Å². The molecule has 6 nitrogen and oxygen atoms in total. The zero-order valence-corrected chi connectivity index (χ0v) is 44.9. The normalized spacial score (nSPS) is 13.1. The van der Waals surface area contributed by atoms with E-state index in [0.29, 0.717) is 19.3 Å². The number of nitrogens with one attached hydrogen (secondary N) is 1. The van der Waals surface area contributed by atoms with Gasteiger partial charge >= 0.3 is 5.97 Å². The molecule has 0 aromatic carbocycles. The summed E-state index contributed by atoms with van der Waals surface area (Å²) in [5.74, 6) is -0.465. The molecule has 3 unspecified atom stereocenters. The fourth-order valence-corrected chi connectivity index (χ4v) is 9.55. The van der Waals surface area contributed by atoms with Gasteiger partial charge in [0.2, 0.25) is 5.91 Å². The number of aliphatic hydroxyl groups is 2. The average molecular weight is 933 g/mol. The van der Waals surface area contributed by atoms with E-state index in [2.05, 4.69) is 38.2 Å². The molecule has 1 amide bonds. The van der Waals surface area contributed by atoms with E-state index in [0.717, 1.165) is 57.8 Å². The van der Waals surface area contributed by atoms with Gasteiger partial charge in [0.05, 0.1) is 25.2 Å². The standard InChI is InChI=1S/C60H117NO5/c1-4-7-10-13-16-19-22-25-28-30-32-35-38-41-44-47-50-53-60(65)66-56(51-48-45-42-39-36-33-27-24-21-18-15-12-9-6-3)54-59(64)61-57(55-62)58(63)52-49-46-43-40-37-34-31-29-26-23-20-17-14-11-8-5-2/h33,36,56-58,62-63H,4-32,34-35,37-55H2,1-3H3,(H,61,64)/b36-33+. The summed E-state index contributed by atoms with van der Waals surface area (Å²) in [6, 6.07) is -0.701. The molecule has 0 bridgehead atoms. The van der Waals surface area contributed by atoms with Crippen molar-refractivity contribution in [2.24, 2.45) is 0 Å². The summed E-state index contributed by atoms with van der Waals surface area (Å²) in [6.07, 6.45) is 62.8. The van der Waals surface area contributed by atoms with Gasteiger partial charge < -0.3 is 20.3 Å². The number of allylic oxidation sites excluding steroid dienone is 2. The maximum absolute atomic E-state index is 13.3. The molecule has 392 valence electrons. The fourth-order valence-electron chi connectivity index (χ4n) is 9.55. The highest BCUT2D eigenvalue weighted by Crippen LogP contribution is 2.19. The zero-order valence-electron chi connectivity index (χ0n) is 44.9. The summed E-state index contributed by atoms with van der Waals surface area (Å²) in [6.45, 7) is 6.53. The molecule has 0 aliphatic rings. The van der Waals surface area contributed by atoms with Gasteiger partial charge in [0.1, 0.15) is 6.10 Å². The summed E-state index contributed by atoms with van der Waals surface area (Å²) >= 11 is 0. The average Bonchev–Trinajstić information content (AvgIpc) is 3.31. The molecule has 3 N–H and O–H groups in total. The number of ether oxygens (including phenoxy) is 1. The fraction of sp³-hybridized carbons (Fsp3) is 0.933. The zero-order chi connectivity index (χ0) is 48.1. The lowest BCUT2D eigenvalue weighted by molar-refractivity contribution is -0.151. The van der Waals surface area contributed by atoms with E-state index < -0.39 is 18.2 Å². The van der Waals surface area contributed by atoms with E-state index in [9.17, 15) is 19.8 Å². The Morgan fingerprint density at radius 2 is 0.727 bits per heavy atom. The minimum absolute atomic E-state index is 0.0748. The Morgan fingerprint density at radius 3 is 1.09 bits per heavy atom. The van der Waals surface area contributed by atoms with Crippen molar-refractivity contribution in [2.45, 2.75) is 354 Å². The van der Waals surface area contributed by atoms with Crippen LogP contribution in [0.2, 0.25) is 0 Å². The van der Waals surface area contributed by atoms with E-state index in [4.69, 9.17) is 4.74 Å². The second kappa shape index (κ2) is 54.5. The van der Waals surface area contributed by atoms with Gasteiger partial charge in [0.15, 0.2) is 0 Å². The van der Waals surface area contributed by atoms with Crippen LogP contribution in [0.4, 0.5) is 0 Å². The maximum Gasteiger partial charge on any atom is 0.306 e. The Hall–Kier alpha value is -1.40. The van der Waals surface area contributed by atoms with Crippen LogP contribution in [-0.4, -0.2) is 46.9 Å². The Morgan fingerprint density at radius 1 is 0.424 bits per heavy atom. The van der Waals surface area contributed by atoms with Crippen molar-refractivity contribution in [3.8, 4) is 0 Å². The van der Waals surface area contributed by atoms with Crippen molar-refractivity contribution in [3.63, 3.8) is 0 Å². The third-order valence-corrected chi connectivity index (χ3v) is 14.1. The molecule has 0 fully saturated rings. The minimum Gasteiger partial charge on any atom is -0.462 e. The highest BCUT2D eigenvalue weighted by atomic mass is 16.5. The topological polar surface area (TPSA) is 95.9 Å². The number of amides is 1. The van der Waals surface area contributed by atoms with Crippen LogP contribution in [0.1, 0.15) is 335 Å². The van der Waals surface area contributed by atoms with E-state index in [-0.39, 0.29) is 24.9 Å².